The fraction of sp³-hybridized carbons (Fsp3) is 0.375. The number of pyridine rings is 1. The molecule has 2 nitrogen and oxygen atoms in total. The predicted octanol–water partition coefficient (Wildman–Crippen LogP) is 2.52. The van der Waals surface area contributed by atoms with Crippen LogP contribution in [0.25, 0.3) is 0 Å². The molecular formula is C8H7BrFNO. The van der Waals surface area contributed by atoms with E-state index in [9.17, 15) is 4.39 Å². The highest BCUT2D eigenvalue weighted by Gasteiger charge is 2.23. The van der Waals surface area contributed by atoms with Gasteiger partial charge in [-0.1, -0.05) is 0 Å². The lowest BCUT2D eigenvalue weighted by Gasteiger charge is -2.03. The van der Waals surface area contributed by atoms with Crippen LogP contribution in [0.1, 0.15) is 12.8 Å². The van der Waals surface area contributed by atoms with E-state index >= 15 is 0 Å². The van der Waals surface area contributed by atoms with Crippen molar-refractivity contribution in [2.75, 3.05) is 0 Å². The topological polar surface area (TPSA) is 22.1 Å². The number of hydrogen-bond donors (Lipinski definition) is 0. The van der Waals surface area contributed by atoms with Gasteiger partial charge in [-0.15, -0.1) is 0 Å². The van der Waals surface area contributed by atoms with Crippen molar-refractivity contribution in [3.63, 3.8) is 0 Å². The van der Waals surface area contributed by atoms with Crippen molar-refractivity contribution in [2.45, 2.75) is 18.9 Å². The third-order valence-electron chi connectivity index (χ3n) is 1.56. The molecule has 2 rings (SSSR count). The molecule has 0 aromatic carbocycles. The second-order valence-electron chi connectivity index (χ2n) is 2.77. The average Bonchev–Trinajstić information content (AvgIpc) is 2.68. The van der Waals surface area contributed by atoms with Crippen LogP contribution in [0, 0.1) is 5.95 Å². The van der Waals surface area contributed by atoms with Gasteiger partial charge >= 0.3 is 0 Å². The van der Waals surface area contributed by atoms with Crippen molar-refractivity contribution in [2.24, 2.45) is 0 Å². The number of ether oxygens (including phenoxy) is 1. The van der Waals surface area contributed by atoms with E-state index in [1.807, 2.05) is 0 Å². The molecule has 0 aliphatic heterocycles. The Morgan fingerprint density at radius 3 is 2.83 bits per heavy atom. The summed E-state index contributed by atoms with van der Waals surface area (Å²) in [5.74, 6) is 0.0388. The first-order valence-corrected chi connectivity index (χ1v) is 4.53. The maximum absolute atomic E-state index is 12.7. The minimum absolute atomic E-state index is 0.290. The summed E-state index contributed by atoms with van der Waals surface area (Å²) in [7, 11) is 0. The number of rotatable bonds is 2. The highest BCUT2D eigenvalue weighted by Crippen LogP contribution is 2.27. The minimum Gasteiger partial charge on any atom is -0.490 e. The molecule has 0 atom stereocenters. The van der Waals surface area contributed by atoms with Crippen LogP contribution in [0.15, 0.2) is 16.7 Å². The van der Waals surface area contributed by atoms with E-state index in [2.05, 4.69) is 20.9 Å². The van der Waals surface area contributed by atoms with Gasteiger partial charge in [0.15, 0.2) is 0 Å². The molecule has 1 fully saturated rings. The van der Waals surface area contributed by atoms with E-state index in [-0.39, 0.29) is 0 Å². The normalized spacial score (nSPS) is 16.2. The van der Waals surface area contributed by atoms with Crippen LogP contribution >= 0.6 is 15.9 Å². The lowest BCUT2D eigenvalue weighted by atomic mass is 10.4. The largest absolute Gasteiger partial charge is 0.490 e. The molecule has 1 heterocycles. The second kappa shape index (κ2) is 3.01. The summed E-state index contributed by atoms with van der Waals surface area (Å²) in [6, 6.07) is 2.96. The molecule has 1 aromatic heterocycles. The number of halogens is 2. The van der Waals surface area contributed by atoms with Crippen LogP contribution in [-0.2, 0) is 0 Å². The second-order valence-corrected chi connectivity index (χ2v) is 3.58. The molecule has 0 N–H and O–H groups in total. The highest BCUT2D eigenvalue weighted by atomic mass is 79.9. The van der Waals surface area contributed by atoms with Crippen molar-refractivity contribution < 1.29 is 9.13 Å². The molecule has 0 amide bonds. The van der Waals surface area contributed by atoms with Crippen LogP contribution in [-0.4, -0.2) is 11.1 Å². The average molecular weight is 232 g/mol. The van der Waals surface area contributed by atoms with Crippen molar-refractivity contribution in [3.8, 4) is 5.75 Å². The van der Waals surface area contributed by atoms with Crippen molar-refractivity contribution in [1.82, 2.24) is 4.98 Å². The Morgan fingerprint density at radius 2 is 2.25 bits per heavy atom. The van der Waals surface area contributed by atoms with Gasteiger partial charge in [0.25, 0.3) is 0 Å². The standard InChI is InChI=1S/C8H7BrFNO/c9-7-3-6(4-8(10)11-7)12-5-1-2-5/h3-5H,1-2H2. The SMILES string of the molecule is Fc1cc(OC2CC2)cc(Br)n1. The summed E-state index contributed by atoms with van der Waals surface area (Å²) in [4.78, 5) is 3.53. The Labute approximate surface area is 77.9 Å². The van der Waals surface area contributed by atoms with Gasteiger partial charge in [0.2, 0.25) is 5.95 Å². The van der Waals surface area contributed by atoms with E-state index in [1.54, 1.807) is 6.07 Å². The van der Waals surface area contributed by atoms with Crippen LogP contribution in [0.4, 0.5) is 4.39 Å². The molecule has 0 spiro atoms. The smallest absolute Gasteiger partial charge is 0.217 e. The molecule has 1 aliphatic rings. The molecule has 0 bridgehead atoms. The Morgan fingerprint density at radius 1 is 1.50 bits per heavy atom. The maximum atomic E-state index is 12.7. The fourth-order valence-corrected chi connectivity index (χ4v) is 1.28. The van der Waals surface area contributed by atoms with E-state index in [0.717, 1.165) is 12.8 Å². The van der Waals surface area contributed by atoms with Gasteiger partial charge in [-0.05, 0) is 28.8 Å². The zero-order valence-electron chi connectivity index (χ0n) is 6.26. The van der Waals surface area contributed by atoms with Crippen molar-refractivity contribution in [1.29, 1.82) is 0 Å². The van der Waals surface area contributed by atoms with E-state index in [0.29, 0.717) is 16.5 Å². The molecule has 1 aromatic rings. The Bertz CT molecular complexity index is 281. The minimum atomic E-state index is -0.514. The van der Waals surface area contributed by atoms with Crippen molar-refractivity contribution in [3.05, 3.63) is 22.7 Å². The molecule has 0 unspecified atom stereocenters. The summed E-state index contributed by atoms with van der Waals surface area (Å²) in [6.07, 6.45) is 2.43. The summed E-state index contributed by atoms with van der Waals surface area (Å²) in [5.41, 5.74) is 0. The van der Waals surface area contributed by atoms with Crippen LogP contribution in [0.5, 0.6) is 5.75 Å². The molecular weight excluding hydrogens is 225 g/mol. The van der Waals surface area contributed by atoms with Crippen LogP contribution in [0.3, 0.4) is 0 Å². The van der Waals surface area contributed by atoms with Gasteiger partial charge in [-0.3, -0.25) is 0 Å². The maximum Gasteiger partial charge on any atom is 0.217 e. The van der Waals surface area contributed by atoms with E-state index in [1.165, 1.54) is 6.07 Å². The lowest BCUT2D eigenvalue weighted by Crippen LogP contribution is -1.97. The predicted molar refractivity (Wildman–Crippen MR) is 45.5 cm³/mol. The third-order valence-corrected chi connectivity index (χ3v) is 1.97. The molecule has 64 valence electrons. The third kappa shape index (κ3) is 1.94. The zero-order chi connectivity index (χ0) is 8.55. The van der Waals surface area contributed by atoms with Crippen molar-refractivity contribution >= 4 is 15.9 Å². The quantitative estimate of drug-likeness (QED) is 0.731. The van der Waals surface area contributed by atoms with Gasteiger partial charge in [0.05, 0.1) is 6.10 Å². The van der Waals surface area contributed by atoms with Gasteiger partial charge in [-0.25, -0.2) is 4.98 Å². The van der Waals surface area contributed by atoms with Crippen LogP contribution < -0.4 is 4.74 Å². The van der Waals surface area contributed by atoms with Crippen LogP contribution in [0.2, 0.25) is 0 Å². The highest BCUT2D eigenvalue weighted by molar-refractivity contribution is 9.10. The Hall–Kier alpha value is -0.640. The monoisotopic (exact) mass is 231 g/mol. The summed E-state index contributed by atoms with van der Waals surface area (Å²) >= 11 is 3.09. The molecule has 12 heavy (non-hydrogen) atoms. The summed E-state index contributed by atoms with van der Waals surface area (Å²) in [5, 5.41) is 0. The number of aromatic nitrogens is 1. The molecule has 0 saturated heterocycles. The van der Waals surface area contributed by atoms with Gasteiger partial charge in [-0.2, -0.15) is 4.39 Å². The van der Waals surface area contributed by atoms with Gasteiger partial charge in [0, 0.05) is 12.1 Å². The Kier molecular flexibility index (Phi) is 2.00. The Balaban J connectivity index is 2.18. The first-order chi connectivity index (χ1) is 5.74. The van der Waals surface area contributed by atoms with Gasteiger partial charge in [0.1, 0.15) is 10.4 Å². The van der Waals surface area contributed by atoms with E-state index in [4.69, 9.17) is 4.74 Å². The lowest BCUT2D eigenvalue weighted by molar-refractivity contribution is 0.300. The molecule has 4 heteroatoms. The summed E-state index contributed by atoms with van der Waals surface area (Å²) in [6.45, 7) is 0. The number of nitrogens with zero attached hydrogens (tertiary/aromatic N) is 1. The molecule has 1 saturated carbocycles. The fourth-order valence-electron chi connectivity index (χ4n) is 0.889. The first-order valence-electron chi connectivity index (χ1n) is 3.74. The molecule has 1 aliphatic carbocycles. The number of hydrogen-bond acceptors (Lipinski definition) is 2. The zero-order valence-corrected chi connectivity index (χ0v) is 7.84. The molecule has 0 radical (unpaired) electrons. The van der Waals surface area contributed by atoms with Gasteiger partial charge < -0.3 is 4.74 Å². The first kappa shape index (κ1) is 7.98. The summed E-state index contributed by atoms with van der Waals surface area (Å²) < 4.78 is 18.5. The van der Waals surface area contributed by atoms with E-state index < -0.39 is 5.95 Å².